The number of aromatic nitrogens is 2. The van der Waals surface area contributed by atoms with Gasteiger partial charge in [-0.15, -0.1) is 0 Å². The molecule has 0 aliphatic heterocycles. The van der Waals surface area contributed by atoms with Crippen LogP contribution in [0, 0.1) is 12.7 Å². The number of anilines is 1. The molecule has 0 atom stereocenters. The van der Waals surface area contributed by atoms with Crippen LogP contribution in [0.15, 0.2) is 36.7 Å². The number of halogens is 1. The van der Waals surface area contributed by atoms with Crippen LogP contribution in [0.25, 0.3) is 0 Å². The van der Waals surface area contributed by atoms with Crippen molar-refractivity contribution < 1.29 is 13.9 Å². The van der Waals surface area contributed by atoms with E-state index in [9.17, 15) is 9.18 Å². The molecule has 98 valence electrons. The van der Waals surface area contributed by atoms with Gasteiger partial charge in [0.15, 0.2) is 6.61 Å². The zero-order valence-corrected chi connectivity index (χ0v) is 10.3. The van der Waals surface area contributed by atoms with Crippen LogP contribution in [-0.2, 0) is 4.79 Å². The minimum Gasteiger partial charge on any atom is -0.467 e. The monoisotopic (exact) mass is 261 g/mol. The molecule has 2 aromatic rings. The van der Waals surface area contributed by atoms with E-state index in [0.29, 0.717) is 11.6 Å². The minimum atomic E-state index is -0.412. The first kappa shape index (κ1) is 12.9. The Morgan fingerprint density at radius 2 is 2.21 bits per heavy atom. The summed E-state index contributed by atoms with van der Waals surface area (Å²) in [7, 11) is 0. The molecule has 0 saturated heterocycles. The van der Waals surface area contributed by atoms with Gasteiger partial charge in [-0.1, -0.05) is 6.07 Å². The number of carbonyl (C=O) groups excluding carboxylic acids is 1. The predicted molar refractivity (Wildman–Crippen MR) is 67.3 cm³/mol. The number of hydrogen-bond donors (Lipinski definition) is 1. The number of hydrogen-bond acceptors (Lipinski definition) is 4. The summed E-state index contributed by atoms with van der Waals surface area (Å²) in [6.45, 7) is 1.59. The third-order valence-electron chi connectivity index (χ3n) is 2.24. The fourth-order valence-electron chi connectivity index (χ4n) is 1.41. The number of nitrogens with one attached hydrogen (secondary N) is 1. The number of benzene rings is 1. The summed E-state index contributed by atoms with van der Waals surface area (Å²) in [6.07, 6.45) is 1.36. The van der Waals surface area contributed by atoms with Gasteiger partial charge in [0.1, 0.15) is 12.1 Å². The van der Waals surface area contributed by atoms with E-state index in [1.807, 2.05) is 0 Å². The molecule has 1 aromatic carbocycles. The molecule has 1 aromatic heterocycles. The number of aryl methyl sites for hydroxylation is 1. The van der Waals surface area contributed by atoms with E-state index in [-0.39, 0.29) is 12.5 Å². The van der Waals surface area contributed by atoms with E-state index in [4.69, 9.17) is 4.74 Å². The Kier molecular flexibility index (Phi) is 4.02. The lowest BCUT2D eigenvalue weighted by Gasteiger charge is -2.07. The first-order valence-corrected chi connectivity index (χ1v) is 5.60. The summed E-state index contributed by atoms with van der Waals surface area (Å²) in [5.41, 5.74) is 1.13. The molecule has 1 amide bonds. The first-order valence-electron chi connectivity index (χ1n) is 5.60. The largest absolute Gasteiger partial charge is 0.467 e. The highest BCUT2D eigenvalue weighted by molar-refractivity contribution is 5.91. The van der Waals surface area contributed by atoms with E-state index in [0.717, 1.165) is 5.69 Å². The first-order chi connectivity index (χ1) is 9.13. The number of nitrogens with zero attached hydrogens (tertiary/aromatic N) is 2. The van der Waals surface area contributed by atoms with Crippen molar-refractivity contribution in [1.82, 2.24) is 9.97 Å². The Labute approximate surface area is 109 Å². The van der Waals surface area contributed by atoms with Gasteiger partial charge in [0, 0.05) is 17.4 Å². The van der Waals surface area contributed by atoms with Crippen LogP contribution in [0.2, 0.25) is 0 Å². The molecule has 5 nitrogen and oxygen atoms in total. The molecule has 0 aliphatic rings. The Morgan fingerprint density at radius 1 is 1.37 bits per heavy atom. The predicted octanol–water partition coefficient (Wildman–Crippen LogP) is 1.94. The molecule has 0 unspecified atom stereocenters. The van der Waals surface area contributed by atoms with Crippen molar-refractivity contribution >= 4 is 11.6 Å². The van der Waals surface area contributed by atoms with Gasteiger partial charge in [0.05, 0.1) is 0 Å². The van der Waals surface area contributed by atoms with Crippen molar-refractivity contribution in [2.24, 2.45) is 0 Å². The van der Waals surface area contributed by atoms with Crippen molar-refractivity contribution in [3.8, 4) is 5.88 Å². The zero-order chi connectivity index (χ0) is 13.7. The summed E-state index contributed by atoms with van der Waals surface area (Å²) >= 11 is 0. The van der Waals surface area contributed by atoms with Gasteiger partial charge in [-0.3, -0.25) is 4.79 Å². The molecule has 0 saturated carbocycles. The second-order valence-corrected chi connectivity index (χ2v) is 3.84. The van der Waals surface area contributed by atoms with Crippen molar-refractivity contribution in [2.45, 2.75) is 6.92 Å². The lowest BCUT2D eigenvalue weighted by molar-refractivity contribution is -0.118. The van der Waals surface area contributed by atoms with Gasteiger partial charge in [0.2, 0.25) is 5.88 Å². The second-order valence-electron chi connectivity index (χ2n) is 3.84. The highest BCUT2D eigenvalue weighted by Gasteiger charge is 2.05. The molecule has 0 radical (unpaired) electrons. The van der Waals surface area contributed by atoms with Gasteiger partial charge in [-0.05, 0) is 25.1 Å². The molecule has 0 fully saturated rings. The number of carbonyl (C=O) groups is 1. The van der Waals surface area contributed by atoms with E-state index >= 15 is 0 Å². The highest BCUT2D eigenvalue weighted by atomic mass is 19.1. The summed E-state index contributed by atoms with van der Waals surface area (Å²) in [4.78, 5) is 19.4. The Morgan fingerprint density at radius 3 is 2.95 bits per heavy atom. The van der Waals surface area contributed by atoms with Crippen LogP contribution >= 0.6 is 0 Å². The summed E-state index contributed by atoms with van der Waals surface area (Å²) in [5.74, 6) is -0.478. The van der Waals surface area contributed by atoms with Gasteiger partial charge in [0.25, 0.3) is 5.91 Å². The zero-order valence-electron chi connectivity index (χ0n) is 10.3. The van der Waals surface area contributed by atoms with Crippen LogP contribution in [0.4, 0.5) is 10.1 Å². The van der Waals surface area contributed by atoms with Crippen LogP contribution in [0.3, 0.4) is 0 Å². The van der Waals surface area contributed by atoms with Gasteiger partial charge >= 0.3 is 0 Å². The molecule has 19 heavy (non-hydrogen) atoms. The molecule has 0 spiro atoms. The minimum absolute atomic E-state index is 0.201. The maximum absolute atomic E-state index is 12.9. The summed E-state index contributed by atoms with van der Waals surface area (Å²) in [6, 6.07) is 7.26. The van der Waals surface area contributed by atoms with Crippen molar-refractivity contribution in [2.75, 3.05) is 11.9 Å². The molecule has 1 N–H and O–H groups in total. The lowest BCUT2D eigenvalue weighted by atomic mass is 10.3. The maximum Gasteiger partial charge on any atom is 0.262 e. The molecular formula is C13H12FN3O2. The van der Waals surface area contributed by atoms with Crippen LogP contribution in [0.1, 0.15) is 5.69 Å². The fourth-order valence-corrected chi connectivity index (χ4v) is 1.41. The van der Waals surface area contributed by atoms with E-state index in [1.165, 1.54) is 24.5 Å². The van der Waals surface area contributed by atoms with E-state index < -0.39 is 5.82 Å². The molecule has 1 heterocycles. The van der Waals surface area contributed by atoms with E-state index in [2.05, 4.69) is 15.3 Å². The van der Waals surface area contributed by atoms with Crippen molar-refractivity contribution in [3.63, 3.8) is 0 Å². The SMILES string of the molecule is Cc1cc(OCC(=O)Nc2cccc(F)c2)ncn1. The standard InChI is InChI=1S/C13H12FN3O2/c1-9-5-13(16-8-15-9)19-7-12(18)17-11-4-2-3-10(14)6-11/h2-6,8H,7H2,1H3,(H,17,18). The van der Waals surface area contributed by atoms with Gasteiger partial charge in [-0.2, -0.15) is 0 Å². The van der Waals surface area contributed by atoms with Crippen molar-refractivity contribution in [1.29, 1.82) is 0 Å². The van der Waals surface area contributed by atoms with Crippen LogP contribution < -0.4 is 10.1 Å². The average Bonchev–Trinajstić information content (AvgIpc) is 2.36. The topological polar surface area (TPSA) is 64.1 Å². The number of amides is 1. The average molecular weight is 261 g/mol. The number of rotatable bonds is 4. The van der Waals surface area contributed by atoms with Crippen LogP contribution in [0.5, 0.6) is 5.88 Å². The van der Waals surface area contributed by atoms with Crippen LogP contribution in [-0.4, -0.2) is 22.5 Å². The normalized spacial score (nSPS) is 10.0. The summed E-state index contributed by atoms with van der Waals surface area (Å²) in [5, 5.41) is 2.52. The quantitative estimate of drug-likeness (QED) is 0.913. The highest BCUT2D eigenvalue weighted by Crippen LogP contribution is 2.09. The van der Waals surface area contributed by atoms with Gasteiger partial charge in [-0.25, -0.2) is 14.4 Å². The number of ether oxygens (including phenoxy) is 1. The Bertz CT molecular complexity index is 590. The molecule has 0 bridgehead atoms. The lowest BCUT2D eigenvalue weighted by Crippen LogP contribution is -2.20. The Balaban J connectivity index is 1.88. The molecule has 2 rings (SSSR count). The van der Waals surface area contributed by atoms with E-state index in [1.54, 1.807) is 19.1 Å². The smallest absolute Gasteiger partial charge is 0.262 e. The second kappa shape index (κ2) is 5.90. The molecular weight excluding hydrogens is 249 g/mol. The molecule has 0 aliphatic carbocycles. The summed E-state index contributed by atoms with van der Waals surface area (Å²) < 4.78 is 18.1. The van der Waals surface area contributed by atoms with Gasteiger partial charge < -0.3 is 10.1 Å². The third-order valence-corrected chi connectivity index (χ3v) is 2.24. The Hall–Kier alpha value is -2.50. The van der Waals surface area contributed by atoms with Crippen molar-refractivity contribution in [3.05, 3.63) is 48.2 Å². The fraction of sp³-hybridized carbons (Fsp3) is 0.154. The third kappa shape index (κ3) is 4.02. The maximum atomic E-state index is 12.9. The molecule has 6 heteroatoms.